The molecule has 0 aliphatic heterocycles. The average Bonchev–Trinajstić information content (AvgIpc) is 2.43. The zero-order chi connectivity index (χ0) is 14.8. The molecular formula is C14H12N2O3S. The number of aryl methyl sites for hydroxylation is 1. The lowest BCUT2D eigenvalue weighted by molar-refractivity contribution is 0.471. The van der Waals surface area contributed by atoms with Crippen molar-refractivity contribution in [1.82, 2.24) is 0 Å². The van der Waals surface area contributed by atoms with Gasteiger partial charge in [0.05, 0.1) is 22.2 Å². The van der Waals surface area contributed by atoms with E-state index in [1.165, 1.54) is 30.3 Å². The van der Waals surface area contributed by atoms with Gasteiger partial charge in [-0.3, -0.25) is 4.72 Å². The van der Waals surface area contributed by atoms with Gasteiger partial charge < -0.3 is 5.11 Å². The van der Waals surface area contributed by atoms with Crippen LogP contribution >= 0.6 is 0 Å². The second kappa shape index (κ2) is 5.23. The summed E-state index contributed by atoms with van der Waals surface area (Å²) in [4.78, 5) is 0.0524. The fourth-order valence-electron chi connectivity index (χ4n) is 1.60. The second-order valence-corrected chi connectivity index (χ2v) is 5.93. The van der Waals surface area contributed by atoms with Crippen LogP contribution in [0.2, 0.25) is 0 Å². The molecule has 2 aromatic carbocycles. The number of nitriles is 1. The van der Waals surface area contributed by atoms with Gasteiger partial charge in [-0.15, -0.1) is 0 Å². The summed E-state index contributed by atoms with van der Waals surface area (Å²) in [5.74, 6) is 0.0185. The summed E-state index contributed by atoms with van der Waals surface area (Å²) in [7, 11) is -3.74. The van der Waals surface area contributed by atoms with Crippen molar-refractivity contribution in [3.05, 3.63) is 53.6 Å². The minimum atomic E-state index is -3.74. The summed E-state index contributed by atoms with van der Waals surface area (Å²) in [6.45, 7) is 1.72. The quantitative estimate of drug-likeness (QED) is 0.907. The molecule has 2 aromatic rings. The first-order valence-corrected chi connectivity index (χ1v) is 7.23. The second-order valence-electron chi connectivity index (χ2n) is 4.24. The topological polar surface area (TPSA) is 90.2 Å². The van der Waals surface area contributed by atoms with Crippen LogP contribution in [0.3, 0.4) is 0 Å². The third-order valence-corrected chi connectivity index (χ3v) is 4.15. The van der Waals surface area contributed by atoms with E-state index in [-0.39, 0.29) is 16.3 Å². The predicted molar refractivity (Wildman–Crippen MR) is 74.8 cm³/mol. The Morgan fingerprint density at radius 1 is 1.15 bits per heavy atom. The standard InChI is InChI=1S/C14H12N2O3S/c1-10-2-5-12(8-14(10)17)16-20(18,19)13-6-3-11(9-15)4-7-13/h2-8,16-17H,1H3. The van der Waals surface area contributed by atoms with Crippen LogP contribution in [0, 0.1) is 18.3 Å². The first-order valence-electron chi connectivity index (χ1n) is 5.75. The highest BCUT2D eigenvalue weighted by Crippen LogP contribution is 2.23. The van der Waals surface area contributed by atoms with E-state index in [0.717, 1.165) is 0 Å². The summed E-state index contributed by atoms with van der Waals surface area (Å²) in [5, 5.41) is 18.2. The first-order chi connectivity index (χ1) is 9.42. The van der Waals surface area contributed by atoms with E-state index in [4.69, 9.17) is 5.26 Å². The molecule has 5 nitrogen and oxygen atoms in total. The summed E-state index contributed by atoms with van der Waals surface area (Å²) >= 11 is 0. The number of anilines is 1. The number of nitrogens with zero attached hydrogens (tertiary/aromatic N) is 1. The lowest BCUT2D eigenvalue weighted by atomic mass is 10.2. The van der Waals surface area contributed by atoms with Crippen molar-refractivity contribution < 1.29 is 13.5 Å². The van der Waals surface area contributed by atoms with E-state index in [1.54, 1.807) is 19.1 Å². The number of phenolic OH excluding ortho intramolecular Hbond substituents is 1. The van der Waals surface area contributed by atoms with E-state index >= 15 is 0 Å². The van der Waals surface area contributed by atoms with Gasteiger partial charge in [-0.1, -0.05) is 6.07 Å². The zero-order valence-electron chi connectivity index (χ0n) is 10.7. The number of rotatable bonds is 3. The van der Waals surface area contributed by atoms with Gasteiger partial charge in [0.15, 0.2) is 0 Å². The van der Waals surface area contributed by atoms with Crippen LogP contribution < -0.4 is 4.72 Å². The molecule has 2 rings (SSSR count). The molecule has 0 amide bonds. The zero-order valence-corrected chi connectivity index (χ0v) is 11.5. The van der Waals surface area contributed by atoms with Crippen molar-refractivity contribution >= 4 is 15.7 Å². The Morgan fingerprint density at radius 3 is 2.35 bits per heavy atom. The average molecular weight is 288 g/mol. The molecule has 0 saturated carbocycles. The molecule has 2 N–H and O–H groups in total. The minimum absolute atomic E-state index is 0.0185. The van der Waals surface area contributed by atoms with Crippen LogP contribution in [-0.2, 0) is 10.0 Å². The normalized spacial score (nSPS) is 10.8. The maximum absolute atomic E-state index is 12.1. The Balaban J connectivity index is 2.30. The van der Waals surface area contributed by atoms with Gasteiger partial charge >= 0.3 is 0 Å². The molecule has 0 bridgehead atoms. The SMILES string of the molecule is Cc1ccc(NS(=O)(=O)c2ccc(C#N)cc2)cc1O. The molecule has 0 atom stereocenters. The highest BCUT2D eigenvalue weighted by Gasteiger charge is 2.14. The van der Waals surface area contributed by atoms with Crippen LogP contribution in [0.1, 0.15) is 11.1 Å². The molecule has 20 heavy (non-hydrogen) atoms. The summed E-state index contributed by atoms with van der Waals surface area (Å²) in [6, 6.07) is 12.0. The van der Waals surface area contributed by atoms with Crippen molar-refractivity contribution in [1.29, 1.82) is 5.26 Å². The molecule has 0 aromatic heterocycles. The van der Waals surface area contributed by atoms with Crippen molar-refractivity contribution in [3.63, 3.8) is 0 Å². The fourth-order valence-corrected chi connectivity index (χ4v) is 2.65. The highest BCUT2D eigenvalue weighted by molar-refractivity contribution is 7.92. The summed E-state index contributed by atoms with van der Waals surface area (Å²) < 4.78 is 26.6. The highest BCUT2D eigenvalue weighted by atomic mass is 32.2. The van der Waals surface area contributed by atoms with Crippen LogP contribution in [0.4, 0.5) is 5.69 Å². The Hall–Kier alpha value is -2.52. The molecule has 0 unspecified atom stereocenters. The molecule has 0 fully saturated rings. The van der Waals surface area contributed by atoms with E-state index in [2.05, 4.69) is 4.72 Å². The lowest BCUT2D eigenvalue weighted by Crippen LogP contribution is -2.12. The summed E-state index contributed by atoms with van der Waals surface area (Å²) in [6.07, 6.45) is 0. The Labute approximate surface area is 117 Å². The van der Waals surface area contributed by atoms with Gasteiger partial charge in [0.1, 0.15) is 5.75 Å². The number of sulfonamides is 1. The van der Waals surface area contributed by atoms with Crippen molar-refractivity contribution in [2.75, 3.05) is 4.72 Å². The number of phenols is 1. The largest absolute Gasteiger partial charge is 0.508 e. The number of benzene rings is 2. The molecule has 102 valence electrons. The van der Waals surface area contributed by atoms with Crippen LogP contribution in [0.25, 0.3) is 0 Å². The number of nitrogens with one attached hydrogen (secondary N) is 1. The van der Waals surface area contributed by atoms with E-state index in [9.17, 15) is 13.5 Å². The van der Waals surface area contributed by atoms with Crippen molar-refractivity contribution in [3.8, 4) is 11.8 Å². The van der Waals surface area contributed by atoms with E-state index in [1.807, 2.05) is 6.07 Å². The molecule has 0 aliphatic rings. The van der Waals surface area contributed by atoms with Gasteiger partial charge in [-0.2, -0.15) is 5.26 Å². The van der Waals surface area contributed by atoms with Crippen LogP contribution in [0.5, 0.6) is 5.75 Å². The third-order valence-electron chi connectivity index (χ3n) is 2.76. The first kappa shape index (κ1) is 13.9. The molecule has 0 radical (unpaired) electrons. The lowest BCUT2D eigenvalue weighted by Gasteiger charge is -2.09. The molecular weight excluding hydrogens is 276 g/mol. The minimum Gasteiger partial charge on any atom is -0.508 e. The molecule has 0 heterocycles. The fraction of sp³-hybridized carbons (Fsp3) is 0.0714. The van der Waals surface area contributed by atoms with Crippen LogP contribution in [0.15, 0.2) is 47.4 Å². The smallest absolute Gasteiger partial charge is 0.261 e. The maximum Gasteiger partial charge on any atom is 0.261 e. The van der Waals surface area contributed by atoms with E-state index in [0.29, 0.717) is 11.1 Å². The number of hydrogen-bond acceptors (Lipinski definition) is 4. The summed E-state index contributed by atoms with van der Waals surface area (Å²) in [5.41, 5.74) is 1.32. The molecule has 6 heteroatoms. The third kappa shape index (κ3) is 2.90. The van der Waals surface area contributed by atoms with Gasteiger partial charge in [0.25, 0.3) is 10.0 Å². The molecule has 0 spiro atoms. The van der Waals surface area contributed by atoms with Gasteiger partial charge in [0, 0.05) is 6.07 Å². The Kier molecular flexibility index (Phi) is 3.63. The Bertz CT molecular complexity index is 775. The van der Waals surface area contributed by atoms with Crippen LogP contribution in [-0.4, -0.2) is 13.5 Å². The number of aromatic hydroxyl groups is 1. The van der Waals surface area contributed by atoms with Gasteiger partial charge in [0.2, 0.25) is 0 Å². The molecule has 0 aliphatic carbocycles. The predicted octanol–water partition coefficient (Wildman–Crippen LogP) is 2.37. The van der Waals surface area contributed by atoms with E-state index < -0.39 is 10.0 Å². The van der Waals surface area contributed by atoms with Crippen molar-refractivity contribution in [2.45, 2.75) is 11.8 Å². The van der Waals surface area contributed by atoms with Gasteiger partial charge in [-0.05, 0) is 42.8 Å². The van der Waals surface area contributed by atoms with Gasteiger partial charge in [-0.25, -0.2) is 8.42 Å². The number of hydrogen-bond donors (Lipinski definition) is 2. The Morgan fingerprint density at radius 2 is 1.80 bits per heavy atom. The van der Waals surface area contributed by atoms with Crippen molar-refractivity contribution in [2.24, 2.45) is 0 Å². The molecule has 0 saturated heterocycles. The monoisotopic (exact) mass is 288 g/mol. The maximum atomic E-state index is 12.1.